The second-order valence-corrected chi connectivity index (χ2v) is 17.3. The molecule has 2 heterocycles. The summed E-state index contributed by atoms with van der Waals surface area (Å²) in [5.41, 5.74) is 3.31. The van der Waals surface area contributed by atoms with Crippen LogP contribution in [0, 0.1) is 23.7 Å². The fraction of sp³-hybridized carbons (Fsp3) is 0.520. The fourth-order valence-electron chi connectivity index (χ4n) is 9.32. The maximum absolute atomic E-state index is 12.8. The van der Waals surface area contributed by atoms with Gasteiger partial charge in [-0.2, -0.15) is 0 Å². The van der Waals surface area contributed by atoms with E-state index in [0.717, 1.165) is 32.7 Å². The van der Waals surface area contributed by atoms with Crippen molar-refractivity contribution in [1.29, 1.82) is 0 Å². The summed E-state index contributed by atoms with van der Waals surface area (Å²) < 4.78 is 27.9. The lowest BCUT2D eigenvalue weighted by Gasteiger charge is -2.26. The zero-order valence-corrected chi connectivity index (χ0v) is 38.0. The topological polar surface area (TPSA) is 203 Å². The van der Waals surface area contributed by atoms with Crippen LogP contribution in [0.5, 0.6) is 0 Å². The summed E-state index contributed by atoms with van der Waals surface area (Å²) in [4.78, 5) is 51.3. The number of ether oxygens (including phenoxy) is 5. The lowest BCUT2D eigenvalue weighted by Crippen LogP contribution is -2.31. The molecule has 0 radical (unpaired) electrons. The van der Waals surface area contributed by atoms with Crippen molar-refractivity contribution in [2.75, 3.05) is 89.9 Å². The number of aliphatic hydroxyl groups excluding tert-OH is 2. The number of benzene rings is 4. The predicted molar refractivity (Wildman–Crippen MR) is 249 cm³/mol. The number of aliphatic hydroxyl groups is 2. The average molecular weight is 899 g/mol. The molecule has 0 aliphatic carbocycles. The van der Waals surface area contributed by atoms with Crippen LogP contribution in [0.2, 0.25) is 0 Å². The Balaban J connectivity index is 0.784. The molecule has 0 spiro atoms. The maximum Gasteiger partial charge on any atom is 0.226 e. The molecule has 4 aromatic carbocycles. The van der Waals surface area contributed by atoms with Crippen molar-refractivity contribution < 1.29 is 53.1 Å². The first-order chi connectivity index (χ1) is 31.5. The molecule has 4 amide bonds. The van der Waals surface area contributed by atoms with Crippen LogP contribution in [0.1, 0.15) is 63.5 Å². The minimum atomic E-state index is -0.370. The van der Waals surface area contributed by atoms with Gasteiger partial charge in [0.25, 0.3) is 0 Å². The van der Waals surface area contributed by atoms with Gasteiger partial charge in [0.15, 0.2) is 0 Å². The molecule has 4 aromatic rings. The number of rotatable bonds is 26. The van der Waals surface area contributed by atoms with Crippen LogP contribution >= 0.6 is 0 Å². The lowest BCUT2D eigenvalue weighted by atomic mass is 9.77. The van der Waals surface area contributed by atoms with Crippen LogP contribution in [0.4, 0.5) is 11.4 Å². The number of carbonyl (C=O) groups excluding carboxylic acids is 4. The number of amides is 4. The minimum absolute atomic E-state index is 0.0451. The van der Waals surface area contributed by atoms with Gasteiger partial charge in [-0.25, -0.2) is 0 Å². The molecule has 6 rings (SSSR count). The van der Waals surface area contributed by atoms with Gasteiger partial charge in [0.2, 0.25) is 23.6 Å². The van der Waals surface area contributed by atoms with Gasteiger partial charge in [0.1, 0.15) is 0 Å². The van der Waals surface area contributed by atoms with E-state index in [1.807, 2.05) is 100 Å². The first-order valence-electron chi connectivity index (χ1n) is 22.9. The van der Waals surface area contributed by atoms with Gasteiger partial charge in [0, 0.05) is 45.8 Å². The number of fused-ring (bicyclic) bond motifs is 2. The van der Waals surface area contributed by atoms with Crippen molar-refractivity contribution in [3.05, 3.63) is 83.9 Å². The Labute approximate surface area is 381 Å². The third-order valence-electron chi connectivity index (χ3n) is 12.3. The Kier molecular flexibility index (Phi) is 18.6. The Morgan fingerprint density at radius 1 is 0.508 bits per heavy atom. The minimum Gasteiger partial charge on any atom is -0.394 e. The fourth-order valence-corrected chi connectivity index (χ4v) is 9.32. The van der Waals surface area contributed by atoms with Crippen LogP contribution in [0.15, 0.2) is 72.8 Å². The van der Waals surface area contributed by atoms with E-state index >= 15 is 0 Å². The standard InChI is InChI=1S/C50H66N4O11/c1-31(2)45-47(41(29-55)53-49(45)59)37-13-15-39(35-11-7-5-9-33(35)37)51-43(57)17-19-61-21-23-63-25-27-65-28-26-64-24-22-62-20-18-44(58)52-40-16-14-38(34-10-6-8-12-36(34)40)48-42(30-56)54-50(60)46(48)32(3)4/h5-16,31-32,41-42,45-48,55-56H,17-30H2,1-4H3,(H,51,57)(H,52,58)(H,53,59)(H,54,60)/t41-,42-,45-,46-,47-,48-/m1/s1. The second-order valence-electron chi connectivity index (χ2n) is 17.3. The molecule has 6 N–H and O–H groups in total. The average Bonchev–Trinajstić information content (AvgIpc) is 3.83. The van der Waals surface area contributed by atoms with Crippen LogP contribution < -0.4 is 21.3 Å². The summed E-state index contributed by atoms with van der Waals surface area (Å²) in [5.74, 6) is -1.15. The number of nitrogens with one attached hydrogen (secondary N) is 4. The van der Waals surface area contributed by atoms with Crippen LogP contribution in [0.25, 0.3) is 21.5 Å². The Hall–Kier alpha value is -5.00. The van der Waals surface area contributed by atoms with Gasteiger partial charge >= 0.3 is 0 Å². The molecule has 15 nitrogen and oxygen atoms in total. The van der Waals surface area contributed by atoms with E-state index in [2.05, 4.69) is 21.3 Å². The van der Waals surface area contributed by atoms with Crippen LogP contribution in [0.3, 0.4) is 0 Å². The largest absolute Gasteiger partial charge is 0.394 e. The molecule has 2 aliphatic heterocycles. The second kappa shape index (κ2) is 24.5. The molecule has 15 heteroatoms. The first-order valence-corrected chi connectivity index (χ1v) is 22.9. The number of hydrogen-bond acceptors (Lipinski definition) is 11. The summed E-state index contributed by atoms with van der Waals surface area (Å²) in [7, 11) is 0. The van der Waals surface area contributed by atoms with Crippen molar-refractivity contribution in [1.82, 2.24) is 10.6 Å². The van der Waals surface area contributed by atoms with E-state index in [-0.39, 0.29) is 110 Å². The van der Waals surface area contributed by atoms with Crippen molar-refractivity contribution in [3.8, 4) is 0 Å². The zero-order valence-electron chi connectivity index (χ0n) is 38.0. The normalized spacial score (nSPS) is 20.8. The predicted octanol–water partition coefficient (Wildman–Crippen LogP) is 5.13. The summed E-state index contributed by atoms with van der Waals surface area (Å²) in [6.07, 6.45) is 0.348. The molecule has 0 saturated carbocycles. The molecule has 0 aromatic heterocycles. The smallest absolute Gasteiger partial charge is 0.226 e. The van der Waals surface area contributed by atoms with Gasteiger partial charge in [-0.05, 0) is 45.9 Å². The van der Waals surface area contributed by atoms with Gasteiger partial charge < -0.3 is 55.2 Å². The SMILES string of the molecule is CC(C)[C@H]1C(=O)N[C@H](CO)[C@H]1c1ccc(NC(=O)CCOCCOCCOCCOCCOCCC(=O)Nc2ccc([C@H]3[C@@H](C(C)C)C(=O)N[C@@H]3CO)c3ccccc23)c2ccccc12. The van der Waals surface area contributed by atoms with Crippen molar-refractivity contribution in [2.45, 2.75) is 64.5 Å². The molecule has 2 aliphatic rings. The molecule has 65 heavy (non-hydrogen) atoms. The molecule has 2 saturated heterocycles. The van der Waals surface area contributed by atoms with E-state index in [4.69, 9.17) is 23.7 Å². The van der Waals surface area contributed by atoms with E-state index in [1.165, 1.54) is 0 Å². The van der Waals surface area contributed by atoms with Crippen molar-refractivity contribution in [3.63, 3.8) is 0 Å². The molecular formula is C50H66N4O11. The molecule has 2 fully saturated rings. The number of anilines is 2. The van der Waals surface area contributed by atoms with E-state index in [1.54, 1.807) is 0 Å². The summed E-state index contributed by atoms with van der Waals surface area (Å²) in [6, 6.07) is 22.5. The van der Waals surface area contributed by atoms with E-state index < -0.39 is 0 Å². The lowest BCUT2D eigenvalue weighted by molar-refractivity contribution is -0.124. The molecule has 0 unspecified atom stereocenters. The zero-order chi connectivity index (χ0) is 46.3. The highest BCUT2D eigenvalue weighted by Crippen LogP contribution is 2.44. The molecule has 352 valence electrons. The summed E-state index contributed by atoms with van der Waals surface area (Å²) in [5, 5.41) is 35.7. The Morgan fingerprint density at radius 3 is 1.15 bits per heavy atom. The van der Waals surface area contributed by atoms with E-state index in [9.17, 15) is 29.4 Å². The summed E-state index contributed by atoms with van der Waals surface area (Å²) >= 11 is 0. The summed E-state index contributed by atoms with van der Waals surface area (Å²) in [6.45, 7) is 11.2. The first kappa shape index (κ1) is 49.4. The van der Waals surface area contributed by atoms with Crippen molar-refractivity contribution in [2.24, 2.45) is 23.7 Å². The Morgan fingerprint density at radius 2 is 0.831 bits per heavy atom. The molecular weight excluding hydrogens is 833 g/mol. The van der Waals surface area contributed by atoms with E-state index in [0.29, 0.717) is 64.2 Å². The number of hydrogen-bond donors (Lipinski definition) is 6. The molecule has 0 bridgehead atoms. The van der Waals surface area contributed by atoms with Crippen LogP contribution in [-0.4, -0.2) is 125 Å². The highest BCUT2D eigenvalue weighted by Gasteiger charge is 2.46. The highest BCUT2D eigenvalue weighted by molar-refractivity contribution is 6.05. The van der Waals surface area contributed by atoms with Gasteiger partial charge in [0.05, 0.1) is 104 Å². The van der Waals surface area contributed by atoms with Crippen molar-refractivity contribution >= 4 is 56.5 Å². The van der Waals surface area contributed by atoms with Gasteiger partial charge in [-0.3, -0.25) is 19.2 Å². The third kappa shape index (κ3) is 12.7. The molecule has 6 atom stereocenters. The third-order valence-corrected chi connectivity index (χ3v) is 12.3. The Bertz CT molecular complexity index is 2060. The van der Waals surface area contributed by atoms with Gasteiger partial charge in [-0.15, -0.1) is 0 Å². The maximum atomic E-state index is 12.8. The van der Waals surface area contributed by atoms with Crippen LogP contribution in [-0.2, 0) is 42.9 Å². The van der Waals surface area contributed by atoms with Gasteiger partial charge in [-0.1, -0.05) is 88.4 Å². The quantitative estimate of drug-likeness (QED) is 0.0457. The monoisotopic (exact) mass is 898 g/mol. The highest BCUT2D eigenvalue weighted by atomic mass is 16.6. The number of carbonyl (C=O) groups is 4.